The molecule has 0 saturated heterocycles. The van der Waals surface area contributed by atoms with E-state index in [0.717, 1.165) is 19.6 Å². The molecule has 0 bridgehead atoms. The van der Waals surface area contributed by atoms with Gasteiger partial charge in [0.15, 0.2) is 0 Å². The predicted octanol–water partition coefficient (Wildman–Crippen LogP) is 4.16. The van der Waals surface area contributed by atoms with Gasteiger partial charge < -0.3 is 4.90 Å². The summed E-state index contributed by atoms with van der Waals surface area (Å²) in [7, 11) is 6.42. The maximum atomic E-state index is 2.38. The third-order valence-corrected chi connectivity index (χ3v) is 4.91. The van der Waals surface area contributed by atoms with E-state index in [1.165, 1.54) is 20.9 Å². The number of nitrogens with zero attached hydrogens (tertiary/aromatic N) is 2. The zero-order valence-corrected chi connectivity index (χ0v) is 14.9. The second kappa shape index (κ2) is 7.99. The summed E-state index contributed by atoms with van der Waals surface area (Å²) in [5.41, 5.74) is 2.80. The van der Waals surface area contributed by atoms with Crippen LogP contribution in [-0.4, -0.2) is 37.2 Å². The molecule has 0 aliphatic carbocycles. The highest BCUT2D eigenvalue weighted by Gasteiger charge is 2.06. The van der Waals surface area contributed by atoms with Crippen molar-refractivity contribution in [2.45, 2.75) is 24.5 Å². The molecular weight excluding hydrogens is 296 g/mol. The minimum Gasteiger partial charge on any atom is -0.305 e. The summed E-state index contributed by atoms with van der Waals surface area (Å²) >= 11 is 3.67. The Hall–Kier alpha value is -0.810. The molecule has 2 nitrogen and oxygen atoms in total. The van der Waals surface area contributed by atoms with E-state index < -0.39 is 0 Å². The van der Waals surface area contributed by atoms with Gasteiger partial charge in [0, 0.05) is 29.4 Å². The molecule has 0 radical (unpaired) electrons. The molecule has 0 saturated carbocycles. The van der Waals surface area contributed by atoms with E-state index in [4.69, 9.17) is 0 Å². The van der Waals surface area contributed by atoms with Gasteiger partial charge in [-0.15, -0.1) is 23.1 Å². The lowest BCUT2D eigenvalue weighted by atomic mass is 10.2. The van der Waals surface area contributed by atoms with E-state index in [2.05, 4.69) is 72.9 Å². The Labute approximate surface area is 136 Å². The van der Waals surface area contributed by atoms with Gasteiger partial charge in [-0.3, -0.25) is 4.90 Å². The van der Waals surface area contributed by atoms with E-state index in [1.54, 1.807) is 11.8 Å². The van der Waals surface area contributed by atoms with Gasteiger partial charge in [0.1, 0.15) is 0 Å². The summed E-state index contributed by atoms with van der Waals surface area (Å²) in [5, 5.41) is 2.28. The Morgan fingerprint density at radius 3 is 2.52 bits per heavy atom. The molecule has 2 rings (SSSR count). The van der Waals surface area contributed by atoms with Crippen LogP contribution in [0.15, 0.2) is 40.6 Å². The number of thiophene rings is 1. The number of hydrogen-bond acceptors (Lipinski definition) is 4. The Balaban J connectivity index is 1.91. The van der Waals surface area contributed by atoms with Gasteiger partial charge in [0.25, 0.3) is 0 Å². The highest BCUT2D eigenvalue weighted by atomic mass is 32.2. The molecular formula is C17H24N2S2. The lowest BCUT2D eigenvalue weighted by Crippen LogP contribution is -2.16. The maximum Gasteiger partial charge on any atom is 0.0328 e. The fourth-order valence-corrected chi connectivity index (χ4v) is 3.81. The van der Waals surface area contributed by atoms with Crippen LogP contribution in [0.4, 0.5) is 0 Å². The molecule has 1 aromatic heterocycles. The van der Waals surface area contributed by atoms with Crippen LogP contribution in [0.25, 0.3) is 0 Å². The summed E-state index contributed by atoms with van der Waals surface area (Å²) in [6, 6.07) is 11.1. The molecule has 1 aromatic carbocycles. The van der Waals surface area contributed by atoms with Gasteiger partial charge >= 0.3 is 0 Å². The van der Waals surface area contributed by atoms with Crippen molar-refractivity contribution in [3.8, 4) is 0 Å². The second-order valence-electron chi connectivity index (χ2n) is 5.68. The highest BCUT2D eigenvalue weighted by Crippen LogP contribution is 2.20. The van der Waals surface area contributed by atoms with Crippen LogP contribution in [-0.2, 0) is 19.6 Å². The summed E-state index contributed by atoms with van der Waals surface area (Å²) in [5.74, 6) is 0. The summed E-state index contributed by atoms with van der Waals surface area (Å²) in [6.45, 7) is 3.03. The molecule has 2 aromatic rings. The van der Waals surface area contributed by atoms with E-state index >= 15 is 0 Å². The first-order chi connectivity index (χ1) is 10.1. The SMILES string of the molecule is CSc1cccc(CN(C)Cc2cc(CN(C)C)cs2)c1. The number of rotatable bonds is 7. The second-order valence-corrected chi connectivity index (χ2v) is 7.56. The van der Waals surface area contributed by atoms with Crippen molar-refractivity contribution < 1.29 is 0 Å². The largest absolute Gasteiger partial charge is 0.305 e. The van der Waals surface area contributed by atoms with E-state index in [9.17, 15) is 0 Å². The standard InChI is InChI=1S/C17H24N2S2/c1-18(2)10-15-9-17(21-13-15)12-19(3)11-14-6-5-7-16(8-14)20-4/h5-9,13H,10-12H2,1-4H3. The van der Waals surface area contributed by atoms with Gasteiger partial charge in [-0.2, -0.15) is 0 Å². The normalized spacial score (nSPS) is 11.5. The van der Waals surface area contributed by atoms with E-state index in [1.807, 2.05) is 11.3 Å². The topological polar surface area (TPSA) is 6.48 Å². The Morgan fingerprint density at radius 1 is 1.00 bits per heavy atom. The minimum atomic E-state index is 0.995. The molecule has 0 N–H and O–H groups in total. The van der Waals surface area contributed by atoms with Gasteiger partial charge in [-0.05, 0) is 62.1 Å². The van der Waals surface area contributed by atoms with Gasteiger partial charge in [-0.1, -0.05) is 12.1 Å². The molecule has 0 fully saturated rings. The third-order valence-electron chi connectivity index (χ3n) is 3.22. The lowest BCUT2D eigenvalue weighted by molar-refractivity contribution is 0.321. The fourth-order valence-electron chi connectivity index (χ4n) is 2.36. The van der Waals surface area contributed by atoms with Crippen molar-refractivity contribution in [1.82, 2.24) is 9.80 Å². The average molecular weight is 321 g/mol. The molecule has 0 atom stereocenters. The molecule has 0 aliphatic rings. The quantitative estimate of drug-likeness (QED) is 0.707. The summed E-state index contributed by atoms with van der Waals surface area (Å²) < 4.78 is 0. The van der Waals surface area contributed by atoms with Crippen LogP contribution < -0.4 is 0 Å². The lowest BCUT2D eigenvalue weighted by Gasteiger charge is -2.16. The minimum absolute atomic E-state index is 0.995. The molecule has 0 unspecified atom stereocenters. The first-order valence-electron chi connectivity index (χ1n) is 7.09. The van der Waals surface area contributed by atoms with Crippen LogP contribution in [0.3, 0.4) is 0 Å². The van der Waals surface area contributed by atoms with Crippen molar-refractivity contribution in [2.75, 3.05) is 27.4 Å². The van der Waals surface area contributed by atoms with Crippen molar-refractivity contribution in [3.63, 3.8) is 0 Å². The van der Waals surface area contributed by atoms with Gasteiger partial charge in [0.2, 0.25) is 0 Å². The Bertz CT molecular complexity index is 563. The van der Waals surface area contributed by atoms with Crippen LogP contribution >= 0.6 is 23.1 Å². The van der Waals surface area contributed by atoms with Crippen molar-refractivity contribution >= 4 is 23.1 Å². The number of benzene rings is 1. The van der Waals surface area contributed by atoms with Gasteiger partial charge in [-0.25, -0.2) is 0 Å². The van der Waals surface area contributed by atoms with Gasteiger partial charge in [0.05, 0.1) is 0 Å². The molecule has 21 heavy (non-hydrogen) atoms. The molecule has 1 heterocycles. The summed E-state index contributed by atoms with van der Waals surface area (Å²) in [4.78, 5) is 7.37. The summed E-state index contributed by atoms with van der Waals surface area (Å²) in [6.07, 6.45) is 2.13. The molecule has 0 spiro atoms. The monoisotopic (exact) mass is 320 g/mol. The average Bonchev–Trinajstić information content (AvgIpc) is 2.85. The van der Waals surface area contributed by atoms with Crippen LogP contribution in [0.5, 0.6) is 0 Å². The molecule has 114 valence electrons. The van der Waals surface area contributed by atoms with Crippen LogP contribution in [0, 0.1) is 0 Å². The predicted molar refractivity (Wildman–Crippen MR) is 95.1 cm³/mol. The smallest absolute Gasteiger partial charge is 0.0328 e. The zero-order valence-electron chi connectivity index (χ0n) is 13.3. The number of hydrogen-bond donors (Lipinski definition) is 0. The Kier molecular flexibility index (Phi) is 6.30. The van der Waals surface area contributed by atoms with E-state index in [-0.39, 0.29) is 0 Å². The van der Waals surface area contributed by atoms with Crippen molar-refractivity contribution in [3.05, 3.63) is 51.7 Å². The first kappa shape index (κ1) is 16.6. The van der Waals surface area contributed by atoms with E-state index in [0.29, 0.717) is 0 Å². The number of thioether (sulfide) groups is 1. The maximum absolute atomic E-state index is 2.38. The van der Waals surface area contributed by atoms with Crippen LogP contribution in [0.2, 0.25) is 0 Å². The fraction of sp³-hybridized carbons (Fsp3) is 0.412. The zero-order chi connectivity index (χ0) is 15.2. The Morgan fingerprint density at radius 2 is 1.81 bits per heavy atom. The third kappa shape index (κ3) is 5.47. The molecule has 0 amide bonds. The van der Waals surface area contributed by atoms with Crippen molar-refractivity contribution in [2.24, 2.45) is 0 Å². The first-order valence-corrected chi connectivity index (χ1v) is 9.19. The van der Waals surface area contributed by atoms with Crippen LogP contribution in [0.1, 0.15) is 16.0 Å². The molecule has 0 aliphatic heterocycles. The molecule has 4 heteroatoms. The van der Waals surface area contributed by atoms with Crippen molar-refractivity contribution in [1.29, 1.82) is 0 Å². The highest BCUT2D eigenvalue weighted by molar-refractivity contribution is 7.98.